The molecule has 3 rings (SSSR count). The molecule has 0 bridgehead atoms. The van der Waals surface area contributed by atoms with Crippen molar-refractivity contribution in [3.8, 4) is 34.1 Å². The summed E-state index contributed by atoms with van der Waals surface area (Å²) in [4.78, 5) is 1.04. The first-order chi connectivity index (χ1) is 10.3. The molecule has 110 valence electrons. The summed E-state index contributed by atoms with van der Waals surface area (Å²) in [5.74, 6) is 2.96. The zero-order valence-corrected chi connectivity index (χ0v) is 13.0. The molecular weight excluding hydrogens is 288 g/mol. The first kappa shape index (κ1) is 13.9. The predicted octanol–water partition coefficient (Wildman–Crippen LogP) is 3.82. The number of hydrogen-bond donors (Lipinski definition) is 0. The van der Waals surface area contributed by atoms with Crippen LogP contribution in [0, 0.1) is 0 Å². The van der Waals surface area contributed by atoms with E-state index in [2.05, 4.69) is 0 Å². The van der Waals surface area contributed by atoms with Gasteiger partial charge in [-0.15, -0.1) is 11.8 Å². The minimum Gasteiger partial charge on any atom is -0.496 e. The molecule has 1 aliphatic rings. The number of benzene rings is 2. The van der Waals surface area contributed by atoms with E-state index < -0.39 is 0 Å². The van der Waals surface area contributed by atoms with E-state index in [4.69, 9.17) is 18.9 Å². The van der Waals surface area contributed by atoms with Gasteiger partial charge in [0.2, 0.25) is 6.79 Å². The summed E-state index contributed by atoms with van der Waals surface area (Å²) in [6.45, 7) is 0.161. The van der Waals surface area contributed by atoms with Crippen LogP contribution in [0.5, 0.6) is 23.0 Å². The van der Waals surface area contributed by atoms with Crippen LogP contribution in [0.15, 0.2) is 35.2 Å². The number of fused-ring (bicyclic) bond motifs is 3. The van der Waals surface area contributed by atoms with Gasteiger partial charge in [0.1, 0.15) is 23.0 Å². The maximum Gasteiger partial charge on any atom is 0.231 e. The maximum atomic E-state index is 5.82. The Bertz CT molecular complexity index is 670. The molecule has 5 heteroatoms. The molecule has 2 aromatic carbocycles. The topological polar surface area (TPSA) is 36.9 Å². The number of rotatable bonds is 3. The van der Waals surface area contributed by atoms with Gasteiger partial charge in [-0.1, -0.05) is 6.07 Å². The van der Waals surface area contributed by atoms with Gasteiger partial charge in [-0.05, 0) is 30.5 Å². The average molecular weight is 304 g/mol. The lowest BCUT2D eigenvalue weighted by Gasteiger charge is -2.16. The van der Waals surface area contributed by atoms with E-state index in [-0.39, 0.29) is 6.79 Å². The highest BCUT2D eigenvalue weighted by Crippen LogP contribution is 2.51. The Morgan fingerprint density at radius 1 is 0.952 bits per heavy atom. The van der Waals surface area contributed by atoms with E-state index in [0.717, 1.165) is 39.0 Å². The average Bonchev–Trinajstić information content (AvgIpc) is 2.73. The quantitative estimate of drug-likeness (QED) is 0.806. The molecule has 0 amide bonds. The maximum absolute atomic E-state index is 5.82. The highest BCUT2D eigenvalue weighted by atomic mass is 32.2. The van der Waals surface area contributed by atoms with E-state index in [9.17, 15) is 0 Å². The minimum atomic E-state index is 0.161. The summed E-state index contributed by atoms with van der Waals surface area (Å²) in [6.07, 6.45) is 2.01. The third-order valence-corrected chi connectivity index (χ3v) is 4.16. The molecule has 2 aromatic rings. The molecule has 0 saturated heterocycles. The van der Waals surface area contributed by atoms with Crippen LogP contribution in [0.1, 0.15) is 0 Å². The molecule has 0 N–H and O–H groups in total. The fourth-order valence-corrected chi connectivity index (χ4v) is 3.01. The fourth-order valence-electron chi connectivity index (χ4n) is 2.46. The minimum absolute atomic E-state index is 0.161. The second-order valence-corrected chi connectivity index (χ2v) is 5.26. The van der Waals surface area contributed by atoms with Crippen LogP contribution >= 0.6 is 11.8 Å². The van der Waals surface area contributed by atoms with Crippen molar-refractivity contribution < 1.29 is 18.9 Å². The molecule has 0 unspecified atom stereocenters. The van der Waals surface area contributed by atoms with Crippen molar-refractivity contribution in [2.75, 3.05) is 27.3 Å². The van der Waals surface area contributed by atoms with Crippen LogP contribution in [0.2, 0.25) is 0 Å². The monoisotopic (exact) mass is 304 g/mol. The number of methoxy groups -OCH3 is 2. The van der Waals surface area contributed by atoms with E-state index in [1.165, 1.54) is 0 Å². The van der Waals surface area contributed by atoms with Gasteiger partial charge in [-0.3, -0.25) is 0 Å². The molecule has 0 radical (unpaired) electrons. The van der Waals surface area contributed by atoms with Crippen molar-refractivity contribution in [2.24, 2.45) is 0 Å². The van der Waals surface area contributed by atoms with Crippen molar-refractivity contribution >= 4 is 11.8 Å². The van der Waals surface area contributed by atoms with Gasteiger partial charge in [0.15, 0.2) is 0 Å². The molecular formula is C16H16O4S. The highest BCUT2D eigenvalue weighted by molar-refractivity contribution is 7.98. The summed E-state index contributed by atoms with van der Waals surface area (Å²) in [7, 11) is 3.29. The number of hydrogen-bond acceptors (Lipinski definition) is 5. The Morgan fingerprint density at radius 2 is 1.71 bits per heavy atom. The zero-order valence-electron chi connectivity index (χ0n) is 12.1. The SMILES string of the molecule is COc1cccc2c1-c1c(OC)ccc(SC)c1OCO2. The van der Waals surface area contributed by atoms with Gasteiger partial charge >= 0.3 is 0 Å². The second kappa shape index (κ2) is 5.77. The molecule has 21 heavy (non-hydrogen) atoms. The molecule has 0 spiro atoms. The van der Waals surface area contributed by atoms with Gasteiger partial charge in [0.25, 0.3) is 0 Å². The highest BCUT2D eigenvalue weighted by Gasteiger charge is 2.26. The van der Waals surface area contributed by atoms with Gasteiger partial charge in [0.05, 0.1) is 30.2 Å². The molecule has 0 fully saturated rings. The van der Waals surface area contributed by atoms with Gasteiger partial charge in [0, 0.05) is 0 Å². The Labute approximate surface area is 128 Å². The van der Waals surface area contributed by atoms with Crippen LogP contribution in [0.3, 0.4) is 0 Å². The van der Waals surface area contributed by atoms with Crippen LogP contribution < -0.4 is 18.9 Å². The fraction of sp³-hybridized carbons (Fsp3) is 0.250. The Morgan fingerprint density at radius 3 is 2.43 bits per heavy atom. The Kier molecular flexibility index (Phi) is 3.84. The molecule has 1 aliphatic heterocycles. The van der Waals surface area contributed by atoms with Gasteiger partial charge in [-0.2, -0.15) is 0 Å². The van der Waals surface area contributed by atoms with E-state index in [1.807, 2.05) is 36.6 Å². The Balaban J connectivity index is 2.37. The lowest BCUT2D eigenvalue weighted by atomic mass is 10.0. The molecule has 1 heterocycles. The van der Waals surface area contributed by atoms with E-state index in [1.54, 1.807) is 26.0 Å². The summed E-state index contributed by atoms with van der Waals surface area (Å²) < 4.78 is 22.5. The smallest absolute Gasteiger partial charge is 0.231 e. The lowest BCUT2D eigenvalue weighted by Crippen LogP contribution is -2.04. The second-order valence-electron chi connectivity index (χ2n) is 4.41. The lowest BCUT2D eigenvalue weighted by molar-refractivity contribution is 0.122. The third kappa shape index (κ3) is 2.27. The molecule has 0 aromatic heterocycles. The summed E-state index contributed by atoms with van der Waals surface area (Å²) >= 11 is 1.62. The van der Waals surface area contributed by atoms with Crippen molar-refractivity contribution in [3.63, 3.8) is 0 Å². The summed E-state index contributed by atoms with van der Waals surface area (Å²) in [5, 5.41) is 0. The zero-order chi connectivity index (χ0) is 14.8. The summed E-state index contributed by atoms with van der Waals surface area (Å²) in [5.41, 5.74) is 1.73. The van der Waals surface area contributed by atoms with E-state index in [0.29, 0.717) is 0 Å². The van der Waals surface area contributed by atoms with Crippen molar-refractivity contribution in [3.05, 3.63) is 30.3 Å². The standard InChI is InChI=1S/C16H16O4S/c1-17-10-5-4-6-12-14(10)15-11(18-2)7-8-13(21-3)16(15)20-9-19-12/h4-8H,9H2,1-3H3. The van der Waals surface area contributed by atoms with Crippen LogP contribution in [-0.2, 0) is 0 Å². The van der Waals surface area contributed by atoms with Crippen molar-refractivity contribution in [1.82, 2.24) is 0 Å². The molecule has 0 aliphatic carbocycles. The first-order valence-electron chi connectivity index (χ1n) is 6.48. The van der Waals surface area contributed by atoms with Gasteiger partial charge < -0.3 is 18.9 Å². The predicted molar refractivity (Wildman–Crippen MR) is 82.9 cm³/mol. The van der Waals surface area contributed by atoms with Crippen molar-refractivity contribution in [2.45, 2.75) is 4.90 Å². The normalized spacial score (nSPS) is 12.3. The van der Waals surface area contributed by atoms with Crippen molar-refractivity contribution in [1.29, 1.82) is 0 Å². The first-order valence-corrected chi connectivity index (χ1v) is 7.70. The largest absolute Gasteiger partial charge is 0.496 e. The molecule has 4 nitrogen and oxygen atoms in total. The Hall–Kier alpha value is -2.01. The molecule has 0 saturated carbocycles. The molecule has 0 atom stereocenters. The van der Waals surface area contributed by atoms with Gasteiger partial charge in [-0.25, -0.2) is 0 Å². The van der Waals surface area contributed by atoms with Crippen LogP contribution in [-0.4, -0.2) is 27.3 Å². The third-order valence-electron chi connectivity index (χ3n) is 3.40. The van der Waals surface area contributed by atoms with Crippen LogP contribution in [0.25, 0.3) is 11.1 Å². The van der Waals surface area contributed by atoms with E-state index >= 15 is 0 Å². The number of ether oxygens (including phenoxy) is 4. The summed E-state index contributed by atoms with van der Waals surface area (Å²) in [6, 6.07) is 9.63. The number of thioether (sulfide) groups is 1. The van der Waals surface area contributed by atoms with Crippen LogP contribution in [0.4, 0.5) is 0 Å².